The van der Waals surface area contributed by atoms with Gasteiger partial charge in [-0.2, -0.15) is 0 Å². The predicted octanol–water partition coefficient (Wildman–Crippen LogP) is 10.4. The maximum atomic E-state index is 7.25. The lowest BCUT2D eigenvalue weighted by Gasteiger charge is -2.35. The van der Waals surface area contributed by atoms with Gasteiger partial charge in [-0.05, 0) is 141 Å². The molecule has 0 radical (unpaired) electrons. The molecule has 12 rings (SSSR count). The van der Waals surface area contributed by atoms with Gasteiger partial charge in [-0.1, -0.05) is 91.8 Å². The van der Waals surface area contributed by atoms with Crippen LogP contribution in [0.25, 0.3) is 27.5 Å². The van der Waals surface area contributed by atoms with Gasteiger partial charge in [-0.25, -0.2) is 0 Å². The molecule has 0 N–H and O–H groups in total. The molecule has 0 amide bonds. The van der Waals surface area contributed by atoms with Crippen molar-refractivity contribution in [3.8, 4) is 28.7 Å². The number of aryl methyl sites for hydroxylation is 4. The second-order valence-electron chi connectivity index (χ2n) is 20.5. The van der Waals surface area contributed by atoms with Gasteiger partial charge in [0.1, 0.15) is 23.0 Å². The Bertz CT molecular complexity index is 2560. The number of hydrogen-bond donors (Lipinski definition) is 0. The lowest BCUT2D eigenvalue weighted by molar-refractivity contribution is 0.402. The molecule has 0 unspecified atom stereocenters. The molecule has 54 heavy (non-hydrogen) atoms. The van der Waals surface area contributed by atoms with Crippen molar-refractivity contribution in [1.29, 1.82) is 0 Å². The van der Waals surface area contributed by atoms with Crippen LogP contribution in [0.15, 0.2) is 60.7 Å². The average Bonchev–Trinajstić information content (AvgIpc) is 3.90. The summed E-state index contributed by atoms with van der Waals surface area (Å²) in [6.07, 6.45) is 9.29. The summed E-state index contributed by atoms with van der Waals surface area (Å²) in [4.78, 5) is 0. The molecule has 3 heterocycles. The molecule has 0 saturated heterocycles. The molecule has 0 atom stereocenters. The largest absolute Gasteiger partial charge is 0.458 e. The first-order valence-corrected chi connectivity index (χ1v) is 20.7. The van der Waals surface area contributed by atoms with E-state index in [9.17, 15) is 0 Å². The highest BCUT2D eigenvalue weighted by Crippen LogP contribution is 2.53. The number of rotatable bonds is 1. The number of nitrogens with zero attached hydrogens (tertiary/aromatic N) is 1. The van der Waals surface area contributed by atoms with Crippen LogP contribution < -0.4 is 25.9 Å². The van der Waals surface area contributed by atoms with Crippen LogP contribution in [0, 0.1) is 0 Å². The van der Waals surface area contributed by atoms with E-state index < -0.39 is 0 Å². The second kappa shape index (κ2) is 9.86. The van der Waals surface area contributed by atoms with Gasteiger partial charge in [0, 0.05) is 28.4 Å². The first-order valence-electron chi connectivity index (χ1n) is 20.7. The molecule has 0 saturated carbocycles. The Morgan fingerprint density at radius 3 is 1.37 bits per heavy atom. The van der Waals surface area contributed by atoms with E-state index in [1.54, 1.807) is 0 Å². The Labute approximate surface area is 320 Å². The summed E-state index contributed by atoms with van der Waals surface area (Å²) >= 11 is 0. The van der Waals surface area contributed by atoms with Crippen LogP contribution >= 0.6 is 0 Å². The number of fused-ring (bicyclic) bond motifs is 13. The molecule has 1 aromatic heterocycles. The maximum Gasteiger partial charge on any atom is 0.260 e. The van der Waals surface area contributed by atoms with Crippen LogP contribution in [-0.2, 0) is 47.3 Å². The molecule has 4 heteroatoms. The number of hydrogen-bond acceptors (Lipinski definition) is 2. The molecule has 0 fully saturated rings. The molecule has 5 aromatic carbocycles. The topological polar surface area (TPSA) is 23.4 Å². The molecule has 3 nitrogen and oxygen atoms in total. The molecule has 0 spiro atoms. The predicted molar refractivity (Wildman–Crippen MR) is 224 cm³/mol. The van der Waals surface area contributed by atoms with E-state index in [1.807, 2.05) is 0 Å². The Hall–Kier alpha value is -4.44. The van der Waals surface area contributed by atoms with Crippen molar-refractivity contribution in [2.24, 2.45) is 0 Å². The molecule has 270 valence electrons. The highest BCUT2D eigenvalue weighted by atomic mass is 16.5. The summed E-state index contributed by atoms with van der Waals surface area (Å²) in [5.74, 6) is 3.90. The smallest absolute Gasteiger partial charge is 0.260 e. The van der Waals surface area contributed by atoms with Crippen molar-refractivity contribution in [3.63, 3.8) is 0 Å². The molecule has 0 bridgehead atoms. The number of aromatic nitrogens is 1. The van der Waals surface area contributed by atoms with Crippen LogP contribution in [0.4, 0.5) is 0 Å². The Kier molecular flexibility index (Phi) is 5.82. The van der Waals surface area contributed by atoms with Crippen molar-refractivity contribution in [2.75, 3.05) is 0 Å². The normalized spacial score (nSPS) is 20.9. The zero-order valence-corrected chi connectivity index (χ0v) is 33.3. The summed E-state index contributed by atoms with van der Waals surface area (Å²) in [7, 11) is 0. The van der Waals surface area contributed by atoms with Crippen molar-refractivity contribution >= 4 is 44.9 Å². The molecule has 6 aromatic rings. The van der Waals surface area contributed by atoms with Gasteiger partial charge in [0.15, 0.2) is 0 Å². The van der Waals surface area contributed by atoms with Crippen molar-refractivity contribution in [3.05, 3.63) is 105 Å². The van der Waals surface area contributed by atoms with Crippen molar-refractivity contribution < 1.29 is 9.47 Å². The van der Waals surface area contributed by atoms with Crippen LogP contribution in [0.2, 0.25) is 0 Å². The monoisotopic (exact) mass is 707 g/mol. The highest BCUT2D eigenvalue weighted by molar-refractivity contribution is 6.98. The van der Waals surface area contributed by atoms with Gasteiger partial charge in [-0.15, -0.1) is 0 Å². The zero-order valence-electron chi connectivity index (χ0n) is 33.3. The third-order valence-electron chi connectivity index (χ3n) is 14.9. The fourth-order valence-corrected chi connectivity index (χ4v) is 13.1. The third kappa shape index (κ3) is 3.95. The number of benzene rings is 5. The summed E-state index contributed by atoms with van der Waals surface area (Å²) in [6.45, 7) is 19.4. The molecular formula is C50H50BNO2. The molecular weight excluding hydrogens is 657 g/mol. The molecule has 6 aliphatic rings. The quantitative estimate of drug-likeness (QED) is 0.159. The fraction of sp³-hybridized carbons (Fsp3) is 0.400. The maximum absolute atomic E-state index is 7.25. The van der Waals surface area contributed by atoms with Crippen molar-refractivity contribution in [2.45, 2.75) is 128 Å². The van der Waals surface area contributed by atoms with E-state index in [2.05, 4.69) is 121 Å². The lowest BCUT2D eigenvalue weighted by atomic mass is 9.34. The van der Waals surface area contributed by atoms with Gasteiger partial charge in [0.2, 0.25) is 0 Å². The third-order valence-corrected chi connectivity index (χ3v) is 14.9. The Balaban J connectivity index is 1.16. The van der Waals surface area contributed by atoms with E-state index >= 15 is 0 Å². The fourth-order valence-electron chi connectivity index (χ4n) is 13.1. The van der Waals surface area contributed by atoms with E-state index in [1.165, 1.54) is 95.5 Å². The van der Waals surface area contributed by atoms with Gasteiger partial charge in [-0.3, -0.25) is 0 Å². The average molecular weight is 708 g/mol. The van der Waals surface area contributed by atoms with Gasteiger partial charge in [0.25, 0.3) is 6.71 Å². The minimum atomic E-state index is 0.0396. The first kappa shape index (κ1) is 31.9. The Morgan fingerprint density at radius 2 is 0.926 bits per heavy atom. The van der Waals surface area contributed by atoms with Gasteiger partial charge in [0.05, 0.1) is 16.7 Å². The van der Waals surface area contributed by atoms with Gasteiger partial charge < -0.3 is 14.0 Å². The van der Waals surface area contributed by atoms with Crippen molar-refractivity contribution in [1.82, 2.24) is 4.57 Å². The van der Waals surface area contributed by atoms with E-state index in [0.717, 1.165) is 67.2 Å². The Morgan fingerprint density at radius 1 is 0.500 bits per heavy atom. The van der Waals surface area contributed by atoms with Crippen LogP contribution in [-0.4, -0.2) is 11.3 Å². The van der Waals surface area contributed by atoms with Crippen LogP contribution in [0.5, 0.6) is 23.0 Å². The van der Waals surface area contributed by atoms with Crippen LogP contribution in [0.3, 0.4) is 0 Å². The standard InChI is InChI=1S/C50H50BNO2/c1-47(2)25-49(5,6)36-23-40-38(21-34(36)47)51-39-22-35-37(50(7,8)26-48(35,3)4)24-41(39)54-43-20-29(19-42(53-40)44(43)51)52-45-30-13-9-11-27(30)15-17-32(45)33-18-16-28-12-10-14-31(28)46(33)52/h15-24H,9-14,25-26H2,1-8H3. The lowest BCUT2D eigenvalue weighted by Crippen LogP contribution is -2.58. The first-order chi connectivity index (χ1) is 25.7. The molecule has 4 aliphatic carbocycles. The zero-order chi connectivity index (χ0) is 36.8. The van der Waals surface area contributed by atoms with E-state index in [4.69, 9.17) is 9.47 Å². The summed E-state index contributed by atoms with van der Waals surface area (Å²) < 4.78 is 17.1. The minimum absolute atomic E-state index is 0.0396. The highest BCUT2D eigenvalue weighted by Gasteiger charge is 2.49. The summed E-state index contributed by atoms with van der Waals surface area (Å²) in [6, 6.07) is 24.3. The van der Waals surface area contributed by atoms with Crippen LogP contribution in [0.1, 0.15) is 126 Å². The minimum Gasteiger partial charge on any atom is -0.458 e. The number of ether oxygens (including phenoxy) is 2. The van der Waals surface area contributed by atoms with E-state index in [-0.39, 0.29) is 28.4 Å². The van der Waals surface area contributed by atoms with E-state index in [0.29, 0.717) is 0 Å². The molecule has 2 aliphatic heterocycles. The van der Waals surface area contributed by atoms with Gasteiger partial charge >= 0.3 is 0 Å². The SMILES string of the molecule is CC1(C)CC(C)(C)c2cc3c(cc21)Oc1cc(-n2c4c5c(ccc4c4ccc6c(c42)CCC6)CCC5)cc2c1B3c1cc3c(cc1O2)C(C)(C)CC3(C)C. The summed E-state index contributed by atoms with van der Waals surface area (Å²) in [5, 5.41) is 2.76. The summed E-state index contributed by atoms with van der Waals surface area (Å²) in [5.41, 5.74) is 19.9. The second-order valence-corrected chi connectivity index (χ2v) is 20.5.